The van der Waals surface area contributed by atoms with Crippen molar-refractivity contribution in [3.05, 3.63) is 59.2 Å². The smallest absolute Gasteiger partial charge is 0.387 e. The van der Waals surface area contributed by atoms with Crippen molar-refractivity contribution >= 4 is 23.6 Å². The molecule has 2 N–H and O–H groups in total. The highest BCUT2D eigenvalue weighted by Crippen LogP contribution is 2.30. The Morgan fingerprint density at radius 2 is 1.90 bits per heavy atom. The minimum atomic E-state index is -3.02. The first-order valence-corrected chi connectivity index (χ1v) is 8.32. The lowest BCUT2D eigenvalue weighted by molar-refractivity contribution is -0.112. The summed E-state index contributed by atoms with van der Waals surface area (Å²) >= 11 is 0. The van der Waals surface area contributed by atoms with E-state index in [2.05, 4.69) is 10.1 Å². The van der Waals surface area contributed by atoms with Crippen molar-refractivity contribution in [1.82, 2.24) is 0 Å². The number of amides is 1. The molecule has 1 amide bonds. The molecule has 0 saturated carbocycles. The van der Waals surface area contributed by atoms with Crippen LogP contribution in [0.15, 0.2) is 48.0 Å². The van der Waals surface area contributed by atoms with E-state index in [9.17, 15) is 23.6 Å². The molecular weight excluding hydrogens is 386 g/mol. The average molecular weight is 402 g/mol. The topological polar surface area (TPSA) is 109 Å². The van der Waals surface area contributed by atoms with Crippen LogP contribution in [0.25, 0.3) is 6.08 Å². The summed E-state index contributed by atoms with van der Waals surface area (Å²) in [6.45, 7) is -1.16. The summed E-state index contributed by atoms with van der Waals surface area (Å²) in [5.41, 5.74) is 0.464. The second-order valence-electron chi connectivity index (χ2n) is 5.52. The number of ether oxygens (including phenoxy) is 2. The van der Waals surface area contributed by atoms with Crippen LogP contribution in [-0.2, 0) is 4.79 Å². The first-order chi connectivity index (χ1) is 13.8. The molecule has 0 spiro atoms. The number of halogens is 2. The van der Waals surface area contributed by atoms with Gasteiger partial charge in [0, 0.05) is 5.69 Å². The van der Waals surface area contributed by atoms with Crippen molar-refractivity contribution in [2.45, 2.75) is 13.5 Å². The number of nitriles is 1. The number of aromatic carboxylic acids is 1. The zero-order valence-electron chi connectivity index (χ0n) is 15.2. The molecule has 0 saturated heterocycles. The van der Waals surface area contributed by atoms with E-state index in [4.69, 9.17) is 9.84 Å². The number of nitrogens with one attached hydrogen (secondary N) is 1. The monoisotopic (exact) mass is 402 g/mol. The first kappa shape index (κ1) is 21.4. The predicted octanol–water partition coefficient (Wildman–Crippen LogP) is 3.93. The molecular formula is C20H16F2N2O5. The van der Waals surface area contributed by atoms with Crippen molar-refractivity contribution in [2.24, 2.45) is 0 Å². The number of nitrogens with zero attached hydrogens (tertiary/aromatic N) is 1. The summed E-state index contributed by atoms with van der Waals surface area (Å²) in [4.78, 5) is 23.2. The molecule has 0 heterocycles. The Bertz CT molecular complexity index is 966. The first-order valence-electron chi connectivity index (χ1n) is 8.32. The average Bonchev–Trinajstić information content (AvgIpc) is 2.68. The molecule has 0 bridgehead atoms. The highest BCUT2D eigenvalue weighted by molar-refractivity contribution is 6.09. The molecule has 0 radical (unpaired) electrons. The number of carboxylic acid groups (broad SMARTS) is 1. The fourth-order valence-corrected chi connectivity index (χ4v) is 2.29. The van der Waals surface area contributed by atoms with Crippen LogP contribution in [0.2, 0.25) is 0 Å². The van der Waals surface area contributed by atoms with Crippen molar-refractivity contribution in [2.75, 3.05) is 11.9 Å². The van der Waals surface area contributed by atoms with E-state index in [-0.39, 0.29) is 29.2 Å². The third-order valence-corrected chi connectivity index (χ3v) is 3.55. The molecule has 0 aliphatic heterocycles. The summed E-state index contributed by atoms with van der Waals surface area (Å²) in [6, 6.07) is 11.2. The van der Waals surface area contributed by atoms with Gasteiger partial charge in [0.25, 0.3) is 5.91 Å². The molecule has 0 aliphatic rings. The molecule has 2 aromatic rings. The Morgan fingerprint density at radius 1 is 1.21 bits per heavy atom. The van der Waals surface area contributed by atoms with Crippen LogP contribution in [0.5, 0.6) is 11.5 Å². The zero-order chi connectivity index (χ0) is 21.4. The normalized spacial score (nSPS) is 10.9. The third kappa shape index (κ3) is 6.04. The lowest BCUT2D eigenvalue weighted by Crippen LogP contribution is -2.13. The van der Waals surface area contributed by atoms with Gasteiger partial charge in [-0.3, -0.25) is 4.79 Å². The maximum absolute atomic E-state index is 12.5. The number of hydrogen-bond acceptors (Lipinski definition) is 5. The van der Waals surface area contributed by atoms with E-state index < -0.39 is 18.5 Å². The predicted molar refractivity (Wildman–Crippen MR) is 99.9 cm³/mol. The van der Waals surface area contributed by atoms with E-state index in [0.29, 0.717) is 11.3 Å². The van der Waals surface area contributed by atoms with Gasteiger partial charge in [-0.15, -0.1) is 0 Å². The summed E-state index contributed by atoms with van der Waals surface area (Å²) in [7, 11) is 0. The number of benzene rings is 2. The number of alkyl halides is 2. The number of anilines is 1. The minimum absolute atomic E-state index is 0.0449. The maximum atomic E-state index is 12.5. The van der Waals surface area contributed by atoms with Crippen LogP contribution in [0, 0.1) is 11.3 Å². The molecule has 2 rings (SSSR count). The largest absolute Gasteiger partial charge is 0.490 e. The Balaban J connectivity index is 2.23. The number of carbonyl (C=O) groups excluding carboxylic acids is 1. The summed E-state index contributed by atoms with van der Waals surface area (Å²) < 4.78 is 34.6. The van der Waals surface area contributed by atoms with Gasteiger partial charge in [-0.25, -0.2) is 4.79 Å². The number of hydrogen-bond donors (Lipinski definition) is 2. The van der Waals surface area contributed by atoms with Gasteiger partial charge in [-0.05, 0) is 55.0 Å². The summed E-state index contributed by atoms with van der Waals surface area (Å²) in [5, 5.41) is 20.6. The Hall–Kier alpha value is -3.93. The van der Waals surface area contributed by atoms with Crippen molar-refractivity contribution < 1.29 is 33.0 Å². The molecule has 9 heteroatoms. The molecule has 0 unspecified atom stereocenters. The van der Waals surface area contributed by atoms with Crippen LogP contribution >= 0.6 is 0 Å². The summed E-state index contributed by atoms with van der Waals surface area (Å²) in [5.74, 6) is -1.95. The molecule has 150 valence electrons. The van der Waals surface area contributed by atoms with Gasteiger partial charge in [0.2, 0.25) is 0 Å². The molecule has 29 heavy (non-hydrogen) atoms. The molecule has 0 atom stereocenters. The highest BCUT2D eigenvalue weighted by atomic mass is 19.3. The maximum Gasteiger partial charge on any atom is 0.387 e. The summed E-state index contributed by atoms with van der Waals surface area (Å²) in [6.07, 6.45) is 1.26. The van der Waals surface area contributed by atoms with Crippen molar-refractivity contribution in [3.63, 3.8) is 0 Å². The van der Waals surface area contributed by atoms with E-state index >= 15 is 0 Å². The lowest BCUT2D eigenvalue weighted by atomic mass is 10.1. The van der Waals surface area contributed by atoms with E-state index in [1.165, 1.54) is 48.5 Å². The molecule has 7 nitrogen and oxygen atoms in total. The van der Waals surface area contributed by atoms with E-state index in [1.807, 2.05) is 0 Å². The third-order valence-electron chi connectivity index (χ3n) is 3.55. The number of rotatable bonds is 8. The lowest BCUT2D eigenvalue weighted by Gasteiger charge is -2.12. The Labute approximate surface area is 164 Å². The van der Waals surface area contributed by atoms with Crippen LogP contribution in [0.3, 0.4) is 0 Å². The molecule has 0 aliphatic carbocycles. The van der Waals surface area contributed by atoms with Crippen LogP contribution < -0.4 is 14.8 Å². The molecule has 0 aromatic heterocycles. The number of carboxylic acids is 1. The molecule has 0 fully saturated rings. The van der Waals surface area contributed by atoms with Crippen LogP contribution in [0.4, 0.5) is 14.5 Å². The number of carbonyl (C=O) groups is 2. The van der Waals surface area contributed by atoms with Gasteiger partial charge in [-0.2, -0.15) is 14.0 Å². The van der Waals surface area contributed by atoms with Crippen LogP contribution in [0.1, 0.15) is 22.8 Å². The second kappa shape index (κ2) is 9.85. The Morgan fingerprint density at radius 3 is 2.45 bits per heavy atom. The van der Waals surface area contributed by atoms with Gasteiger partial charge in [0.15, 0.2) is 11.5 Å². The Kier molecular flexibility index (Phi) is 7.26. The second-order valence-corrected chi connectivity index (χ2v) is 5.52. The van der Waals surface area contributed by atoms with Gasteiger partial charge in [0.05, 0.1) is 12.2 Å². The highest BCUT2D eigenvalue weighted by Gasteiger charge is 2.14. The van der Waals surface area contributed by atoms with Gasteiger partial charge >= 0.3 is 12.6 Å². The van der Waals surface area contributed by atoms with E-state index in [0.717, 1.165) is 0 Å². The fourth-order valence-electron chi connectivity index (χ4n) is 2.29. The van der Waals surface area contributed by atoms with Gasteiger partial charge in [-0.1, -0.05) is 6.07 Å². The zero-order valence-corrected chi connectivity index (χ0v) is 15.2. The van der Waals surface area contributed by atoms with Crippen molar-refractivity contribution in [3.8, 4) is 17.6 Å². The standard InChI is InChI=1S/C20H16F2N2O5/c1-2-28-17-10-12(3-8-16(17)29-20(21)22)9-14(11-23)18(25)24-15-6-4-13(5-7-15)19(26)27/h3-10,20H,2H2,1H3,(H,24,25)(H,26,27)/b14-9+. The van der Waals surface area contributed by atoms with E-state index in [1.54, 1.807) is 13.0 Å². The molecule has 2 aromatic carbocycles. The fraction of sp³-hybridized carbons (Fsp3) is 0.150. The minimum Gasteiger partial charge on any atom is -0.490 e. The van der Waals surface area contributed by atoms with Gasteiger partial charge < -0.3 is 19.9 Å². The van der Waals surface area contributed by atoms with Crippen LogP contribution in [-0.4, -0.2) is 30.2 Å². The quantitative estimate of drug-likeness (QED) is 0.512. The van der Waals surface area contributed by atoms with Crippen molar-refractivity contribution in [1.29, 1.82) is 5.26 Å². The van der Waals surface area contributed by atoms with Gasteiger partial charge in [0.1, 0.15) is 11.6 Å². The SMILES string of the molecule is CCOc1cc(/C=C(\C#N)C(=O)Nc2ccc(C(=O)O)cc2)ccc1OC(F)F.